The molecule has 0 aliphatic heterocycles. The molecule has 2 amide bonds. The van der Waals surface area contributed by atoms with Gasteiger partial charge in [0.2, 0.25) is 0 Å². The number of Topliss-reactive ketones (excluding diaryl/α,β-unsaturated/α-hetero) is 1. The van der Waals surface area contributed by atoms with E-state index in [4.69, 9.17) is 16.3 Å². The number of hydrogen-bond acceptors (Lipinski definition) is 3. The molecule has 0 heterocycles. The van der Waals surface area contributed by atoms with Gasteiger partial charge in [0.15, 0.2) is 0 Å². The molecule has 0 saturated carbocycles. The van der Waals surface area contributed by atoms with Gasteiger partial charge < -0.3 is 15.4 Å². The molecule has 1 aromatic rings. The van der Waals surface area contributed by atoms with E-state index in [0.717, 1.165) is 5.56 Å². The summed E-state index contributed by atoms with van der Waals surface area (Å²) in [6.07, 6.45) is 0.310. The summed E-state index contributed by atoms with van der Waals surface area (Å²) in [4.78, 5) is 22.4. The first-order valence-electron chi connectivity index (χ1n) is 5.82. The standard InChI is InChI=1S/C13H17ClN2O3/c1-8-6-11(12(19-3)7-10(8)14)16-13(18)15-5-4-9(2)17/h6-7H,4-5H2,1-3H3,(H2,15,16,18). The van der Waals surface area contributed by atoms with Crippen molar-refractivity contribution in [2.45, 2.75) is 20.3 Å². The zero-order valence-corrected chi connectivity index (χ0v) is 11.9. The summed E-state index contributed by atoms with van der Waals surface area (Å²) >= 11 is 5.97. The number of rotatable bonds is 5. The van der Waals surface area contributed by atoms with E-state index in [1.165, 1.54) is 14.0 Å². The number of anilines is 1. The van der Waals surface area contributed by atoms with E-state index in [9.17, 15) is 9.59 Å². The van der Waals surface area contributed by atoms with Crippen LogP contribution in [0.3, 0.4) is 0 Å². The van der Waals surface area contributed by atoms with Gasteiger partial charge in [0.25, 0.3) is 0 Å². The van der Waals surface area contributed by atoms with Gasteiger partial charge in [-0.1, -0.05) is 11.6 Å². The lowest BCUT2D eigenvalue weighted by Crippen LogP contribution is -2.30. The predicted octanol–water partition coefficient (Wildman–Crippen LogP) is 2.76. The molecule has 0 atom stereocenters. The van der Waals surface area contributed by atoms with Gasteiger partial charge in [-0.25, -0.2) is 4.79 Å². The minimum absolute atomic E-state index is 0.0280. The minimum Gasteiger partial charge on any atom is -0.495 e. The second kappa shape index (κ2) is 6.99. The average Bonchev–Trinajstić information content (AvgIpc) is 2.33. The molecule has 0 saturated heterocycles. The van der Waals surface area contributed by atoms with Gasteiger partial charge in [-0.3, -0.25) is 4.79 Å². The minimum atomic E-state index is -0.388. The third-order valence-electron chi connectivity index (χ3n) is 2.49. The van der Waals surface area contributed by atoms with Gasteiger partial charge in [0, 0.05) is 24.1 Å². The first kappa shape index (κ1) is 15.3. The van der Waals surface area contributed by atoms with Crippen LogP contribution >= 0.6 is 11.6 Å². The van der Waals surface area contributed by atoms with Gasteiger partial charge >= 0.3 is 6.03 Å². The Bertz CT molecular complexity index is 489. The van der Waals surface area contributed by atoms with E-state index in [0.29, 0.717) is 29.4 Å². The maximum Gasteiger partial charge on any atom is 0.319 e. The van der Waals surface area contributed by atoms with Crippen LogP contribution < -0.4 is 15.4 Å². The van der Waals surface area contributed by atoms with E-state index in [1.54, 1.807) is 12.1 Å². The van der Waals surface area contributed by atoms with Gasteiger partial charge in [-0.2, -0.15) is 0 Å². The van der Waals surface area contributed by atoms with Crippen molar-refractivity contribution in [2.75, 3.05) is 19.0 Å². The lowest BCUT2D eigenvalue weighted by atomic mass is 10.2. The Kier molecular flexibility index (Phi) is 5.63. The molecule has 0 unspecified atom stereocenters. The summed E-state index contributed by atoms with van der Waals surface area (Å²) in [5.74, 6) is 0.512. The molecule has 0 aromatic heterocycles. The summed E-state index contributed by atoms with van der Waals surface area (Å²) < 4.78 is 5.14. The van der Waals surface area contributed by atoms with Crippen LogP contribution in [0.5, 0.6) is 5.75 Å². The number of amides is 2. The quantitative estimate of drug-likeness (QED) is 0.873. The lowest BCUT2D eigenvalue weighted by Gasteiger charge is -2.12. The van der Waals surface area contributed by atoms with E-state index in [1.807, 2.05) is 6.92 Å². The SMILES string of the molecule is COc1cc(Cl)c(C)cc1NC(=O)NCCC(C)=O. The summed E-state index contributed by atoms with van der Waals surface area (Å²) in [5, 5.41) is 5.82. The van der Waals surface area contributed by atoms with Gasteiger partial charge in [0.1, 0.15) is 11.5 Å². The number of halogens is 1. The van der Waals surface area contributed by atoms with Crippen molar-refractivity contribution >= 4 is 29.1 Å². The van der Waals surface area contributed by atoms with Crippen LogP contribution in [0.2, 0.25) is 5.02 Å². The first-order valence-corrected chi connectivity index (χ1v) is 6.20. The number of aryl methyl sites for hydroxylation is 1. The van der Waals surface area contributed by atoms with Crippen LogP contribution in [0, 0.1) is 6.92 Å². The highest BCUT2D eigenvalue weighted by molar-refractivity contribution is 6.31. The van der Waals surface area contributed by atoms with Crippen molar-refractivity contribution in [1.82, 2.24) is 5.32 Å². The maximum absolute atomic E-state index is 11.6. The molecule has 19 heavy (non-hydrogen) atoms. The largest absolute Gasteiger partial charge is 0.495 e. The molecule has 104 valence electrons. The summed E-state index contributed by atoms with van der Waals surface area (Å²) in [6.45, 7) is 3.61. The van der Waals surface area contributed by atoms with E-state index in [2.05, 4.69) is 10.6 Å². The molecule has 1 aromatic carbocycles. The second-order valence-electron chi connectivity index (χ2n) is 4.13. The molecule has 0 aliphatic rings. The highest BCUT2D eigenvalue weighted by Crippen LogP contribution is 2.30. The first-order chi connectivity index (χ1) is 8.93. The van der Waals surface area contributed by atoms with Crippen LogP contribution in [0.25, 0.3) is 0 Å². The third-order valence-corrected chi connectivity index (χ3v) is 2.90. The molecular formula is C13H17ClN2O3. The molecule has 5 nitrogen and oxygen atoms in total. The number of ether oxygens (including phenoxy) is 1. The summed E-state index contributed by atoms with van der Waals surface area (Å²) in [7, 11) is 1.50. The smallest absolute Gasteiger partial charge is 0.319 e. The number of nitrogens with one attached hydrogen (secondary N) is 2. The molecular weight excluding hydrogens is 268 g/mol. The topological polar surface area (TPSA) is 67.4 Å². The second-order valence-corrected chi connectivity index (χ2v) is 4.54. The predicted molar refractivity (Wildman–Crippen MR) is 75.1 cm³/mol. The van der Waals surface area contributed by atoms with E-state index >= 15 is 0 Å². The molecule has 1 rings (SSSR count). The van der Waals surface area contributed by atoms with Crippen LogP contribution in [0.4, 0.5) is 10.5 Å². The molecule has 0 bridgehead atoms. The van der Waals surface area contributed by atoms with E-state index in [-0.39, 0.29) is 11.8 Å². The van der Waals surface area contributed by atoms with Crippen LogP contribution in [0.15, 0.2) is 12.1 Å². The highest BCUT2D eigenvalue weighted by Gasteiger charge is 2.10. The number of methoxy groups -OCH3 is 1. The molecule has 0 aliphatic carbocycles. The van der Waals surface area contributed by atoms with E-state index < -0.39 is 0 Å². The Hall–Kier alpha value is -1.75. The normalized spacial score (nSPS) is 9.89. The summed E-state index contributed by atoms with van der Waals surface area (Å²) in [6, 6.07) is 2.98. The zero-order chi connectivity index (χ0) is 14.4. The van der Waals surface area contributed by atoms with Crippen molar-refractivity contribution in [3.63, 3.8) is 0 Å². The molecule has 0 radical (unpaired) electrons. The van der Waals surface area contributed by atoms with Gasteiger partial charge in [0.05, 0.1) is 12.8 Å². The van der Waals surface area contributed by atoms with Crippen LogP contribution in [0.1, 0.15) is 18.9 Å². The van der Waals surface area contributed by atoms with Crippen molar-refractivity contribution in [2.24, 2.45) is 0 Å². The monoisotopic (exact) mass is 284 g/mol. The molecule has 0 spiro atoms. The Labute approximate surface area is 117 Å². The number of carbonyl (C=O) groups excluding carboxylic acids is 2. The Morgan fingerprint density at radius 3 is 2.63 bits per heavy atom. The number of carbonyl (C=O) groups is 2. The molecule has 6 heteroatoms. The number of urea groups is 1. The van der Waals surface area contributed by atoms with Crippen LogP contribution in [-0.4, -0.2) is 25.5 Å². The fraction of sp³-hybridized carbons (Fsp3) is 0.385. The van der Waals surface area contributed by atoms with Crippen molar-refractivity contribution < 1.29 is 14.3 Å². The van der Waals surface area contributed by atoms with Crippen molar-refractivity contribution in [1.29, 1.82) is 0 Å². The highest BCUT2D eigenvalue weighted by atomic mass is 35.5. The maximum atomic E-state index is 11.6. The number of hydrogen-bond donors (Lipinski definition) is 2. The third kappa shape index (κ3) is 4.79. The van der Waals surface area contributed by atoms with Gasteiger partial charge in [-0.15, -0.1) is 0 Å². The lowest BCUT2D eigenvalue weighted by molar-refractivity contribution is -0.116. The summed E-state index contributed by atoms with van der Waals surface area (Å²) in [5.41, 5.74) is 1.37. The zero-order valence-electron chi connectivity index (χ0n) is 11.2. The molecule has 0 fully saturated rings. The number of benzene rings is 1. The fourth-order valence-electron chi connectivity index (χ4n) is 1.45. The fourth-order valence-corrected chi connectivity index (χ4v) is 1.60. The Balaban J connectivity index is 2.68. The number of ketones is 1. The Morgan fingerprint density at radius 2 is 2.05 bits per heavy atom. The molecule has 2 N–H and O–H groups in total. The Morgan fingerprint density at radius 1 is 1.37 bits per heavy atom. The van der Waals surface area contributed by atoms with Crippen LogP contribution in [-0.2, 0) is 4.79 Å². The average molecular weight is 285 g/mol. The van der Waals surface area contributed by atoms with Gasteiger partial charge in [-0.05, 0) is 25.5 Å². The van der Waals surface area contributed by atoms with Crippen molar-refractivity contribution in [3.8, 4) is 5.75 Å². The van der Waals surface area contributed by atoms with Crippen molar-refractivity contribution in [3.05, 3.63) is 22.7 Å².